The summed E-state index contributed by atoms with van der Waals surface area (Å²) >= 11 is 0. The van der Waals surface area contributed by atoms with Crippen LogP contribution in [0.15, 0.2) is 18.5 Å². The van der Waals surface area contributed by atoms with E-state index in [1.54, 1.807) is 6.20 Å². The van der Waals surface area contributed by atoms with Gasteiger partial charge in [0.1, 0.15) is 11.5 Å². The first-order chi connectivity index (χ1) is 13.1. The number of ether oxygens (including phenoxy) is 1. The van der Waals surface area contributed by atoms with Gasteiger partial charge < -0.3 is 14.2 Å². The summed E-state index contributed by atoms with van der Waals surface area (Å²) in [5.74, 6) is 1.88. The molecule has 0 spiro atoms. The molecule has 27 heavy (non-hydrogen) atoms. The lowest BCUT2D eigenvalue weighted by molar-refractivity contribution is -0.142. The van der Waals surface area contributed by atoms with Gasteiger partial charge in [0.15, 0.2) is 5.82 Å². The number of imidazole rings is 1. The van der Waals surface area contributed by atoms with E-state index in [2.05, 4.69) is 14.9 Å². The number of carbonyl (C=O) groups excluding carboxylic acids is 1. The van der Waals surface area contributed by atoms with Crippen molar-refractivity contribution < 1.29 is 9.53 Å². The average Bonchev–Trinajstić information content (AvgIpc) is 3.13. The number of piperidine rings is 1. The van der Waals surface area contributed by atoms with Crippen molar-refractivity contribution >= 4 is 5.91 Å². The molecule has 4 rings (SSSR count). The zero-order valence-electron chi connectivity index (χ0n) is 16.1. The lowest BCUT2D eigenvalue weighted by atomic mass is 9.93. The molecular weight excluding hydrogens is 342 g/mol. The van der Waals surface area contributed by atoms with Gasteiger partial charge in [-0.1, -0.05) is 0 Å². The fraction of sp³-hybridized carbons (Fsp3) is 0.600. The molecule has 0 aliphatic carbocycles. The molecule has 7 nitrogen and oxygen atoms in total. The minimum Gasteiger partial charge on any atom is -0.381 e. The van der Waals surface area contributed by atoms with Gasteiger partial charge in [-0.15, -0.1) is 0 Å². The van der Waals surface area contributed by atoms with Crippen molar-refractivity contribution in [3.05, 3.63) is 30.0 Å². The first kappa shape index (κ1) is 18.1. The zero-order chi connectivity index (χ0) is 18.8. The van der Waals surface area contributed by atoms with Crippen LogP contribution >= 0.6 is 0 Å². The molecule has 2 aromatic heterocycles. The van der Waals surface area contributed by atoms with Crippen molar-refractivity contribution in [1.29, 1.82) is 0 Å². The van der Waals surface area contributed by atoms with Crippen LogP contribution in [0.4, 0.5) is 0 Å². The Hall–Kier alpha value is -2.28. The fourth-order valence-electron chi connectivity index (χ4n) is 4.17. The monoisotopic (exact) mass is 369 g/mol. The van der Waals surface area contributed by atoms with E-state index < -0.39 is 0 Å². The van der Waals surface area contributed by atoms with E-state index >= 15 is 0 Å². The van der Waals surface area contributed by atoms with Crippen molar-refractivity contribution in [3.8, 4) is 11.5 Å². The number of aryl methyl sites for hydroxylation is 2. The quantitative estimate of drug-likeness (QED) is 0.832. The summed E-state index contributed by atoms with van der Waals surface area (Å²) in [6.45, 7) is 4.08. The van der Waals surface area contributed by atoms with Crippen LogP contribution in [0.3, 0.4) is 0 Å². The normalized spacial score (nSPS) is 21.4. The van der Waals surface area contributed by atoms with E-state index in [1.165, 1.54) is 0 Å². The Morgan fingerprint density at radius 3 is 2.74 bits per heavy atom. The van der Waals surface area contributed by atoms with Gasteiger partial charge in [0.2, 0.25) is 5.91 Å². The smallest absolute Gasteiger partial charge is 0.226 e. The third kappa shape index (κ3) is 3.74. The summed E-state index contributed by atoms with van der Waals surface area (Å²) < 4.78 is 7.39. The molecule has 2 saturated heterocycles. The number of likely N-dealkylation sites (tertiary alicyclic amines) is 1. The second-order valence-electron chi connectivity index (χ2n) is 7.52. The number of hydrogen-bond acceptors (Lipinski definition) is 5. The van der Waals surface area contributed by atoms with E-state index in [-0.39, 0.29) is 17.9 Å². The largest absolute Gasteiger partial charge is 0.381 e. The van der Waals surface area contributed by atoms with Gasteiger partial charge in [-0.2, -0.15) is 0 Å². The highest BCUT2D eigenvalue weighted by Crippen LogP contribution is 2.33. The lowest BCUT2D eigenvalue weighted by Crippen LogP contribution is -2.43. The van der Waals surface area contributed by atoms with Crippen LogP contribution in [-0.2, 0) is 16.6 Å². The standard InChI is InChI=1S/C20H27N5O2/c1-14-22-16(13-17(23-14)19-21-8-10-24(19)2)18-5-3-4-9-25(18)20(26)15-6-11-27-12-7-15/h8,10,13,15,18H,3-7,9,11-12H2,1-2H3. The summed E-state index contributed by atoms with van der Waals surface area (Å²) in [7, 11) is 1.96. The van der Waals surface area contributed by atoms with Crippen LogP contribution in [0.25, 0.3) is 11.5 Å². The van der Waals surface area contributed by atoms with Crippen LogP contribution in [0.2, 0.25) is 0 Å². The molecule has 1 atom stereocenters. The third-order valence-electron chi connectivity index (χ3n) is 5.61. The SMILES string of the molecule is Cc1nc(-c2nccn2C)cc(C2CCCCN2C(=O)C2CCOCC2)n1. The van der Waals surface area contributed by atoms with Crippen molar-refractivity contribution in [2.75, 3.05) is 19.8 Å². The Morgan fingerprint density at radius 1 is 1.19 bits per heavy atom. The summed E-state index contributed by atoms with van der Waals surface area (Å²) in [5, 5.41) is 0. The third-order valence-corrected chi connectivity index (χ3v) is 5.61. The summed E-state index contributed by atoms with van der Waals surface area (Å²) in [4.78, 5) is 29.0. The number of amides is 1. The van der Waals surface area contributed by atoms with Gasteiger partial charge in [0.25, 0.3) is 0 Å². The Morgan fingerprint density at radius 2 is 2.00 bits per heavy atom. The number of rotatable bonds is 3. The number of carbonyl (C=O) groups is 1. The minimum atomic E-state index is 0.0230. The van der Waals surface area contributed by atoms with E-state index in [4.69, 9.17) is 9.72 Å². The predicted molar refractivity (Wildman–Crippen MR) is 101 cm³/mol. The molecule has 2 aromatic rings. The van der Waals surface area contributed by atoms with E-state index in [0.717, 1.165) is 61.7 Å². The molecule has 0 radical (unpaired) electrons. The van der Waals surface area contributed by atoms with E-state index in [0.29, 0.717) is 13.2 Å². The highest BCUT2D eigenvalue weighted by atomic mass is 16.5. The molecule has 1 unspecified atom stereocenters. The van der Waals surface area contributed by atoms with Crippen molar-refractivity contribution in [3.63, 3.8) is 0 Å². The van der Waals surface area contributed by atoms with Crippen LogP contribution < -0.4 is 0 Å². The highest BCUT2D eigenvalue weighted by Gasteiger charge is 2.34. The summed E-state index contributed by atoms with van der Waals surface area (Å²) in [5.41, 5.74) is 1.75. The van der Waals surface area contributed by atoms with Gasteiger partial charge in [-0.3, -0.25) is 4.79 Å². The predicted octanol–water partition coefficient (Wildman–Crippen LogP) is 2.67. The molecule has 7 heteroatoms. The molecule has 4 heterocycles. The maximum absolute atomic E-state index is 13.2. The van der Waals surface area contributed by atoms with Crippen molar-refractivity contribution in [2.24, 2.45) is 13.0 Å². The Labute approximate surface area is 159 Å². The second-order valence-corrected chi connectivity index (χ2v) is 7.52. The van der Waals surface area contributed by atoms with Crippen LogP contribution in [0.1, 0.15) is 49.7 Å². The van der Waals surface area contributed by atoms with Gasteiger partial charge in [0, 0.05) is 45.1 Å². The average molecular weight is 369 g/mol. The molecule has 2 fully saturated rings. The molecule has 0 aromatic carbocycles. The number of nitrogens with zero attached hydrogens (tertiary/aromatic N) is 5. The molecule has 1 amide bonds. The molecule has 0 N–H and O–H groups in total. The molecule has 0 saturated carbocycles. The Kier molecular flexibility index (Phi) is 5.20. The van der Waals surface area contributed by atoms with Gasteiger partial charge in [-0.25, -0.2) is 15.0 Å². The minimum absolute atomic E-state index is 0.0230. The zero-order valence-corrected chi connectivity index (χ0v) is 16.1. The van der Waals surface area contributed by atoms with Crippen molar-refractivity contribution in [1.82, 2.24) is 24.4 Å². The van der Waals surface area contributed by atoms with Gasteiger partial charge >= 0.3 is 0 Å². The molecule has 0 bridgehead atoms. The summed E-state index contributed by atoms with van der Waals surface area (Å²) in [6.07, 6.45) is 8.45. The van der Waals surface area contributed by atoms with Crippen molar-refractivity contribution in [2.45, 2.75) is 45.1 Å². The highest BCUT2D eigenvalue weighted by molar-refractivity contribution is 5.79. The van der Waals surface area contributed by atoms with E-state index in [1.807, 2.05) is 30.8 Å². The number of aromatic nitrogens is 4. The topological polar surface area (TPSA) is 73.1 Å². The molecule has 144 valence electrons. The number of hydrogen-bond donors (Lipinski definition) is 0. The maximum Gasteiger partial charge on any atom is 0.226 e. The maximum atomic E-state index is 13.2. The second kappa shape index (κ2) is 7.76. The van der Waals surface area contributed by atoms with Gasteiger partial charge in [0.05, 0.1) is 11.7 Å². The first-order valence-corrected chi connectivity index (χ1v) is 9.85. The summed E-state index contributed by atoms with van der Waals surface area (Å²) in [6, 6.07) is 2.03. The van der Waals surface area contributed by atoms with Crippen LogP contribution in [-0.4, -0.2) is 50.1 Å². The Bertz CT molecular complexity index is 812. The van der Waals surface area contributed by atoms with Crippen LogP contribution in [0.5, 0.6) is 0 Å². The van der Waals surface area contributed by atoms with E-state index in [9.17, 15) is 4.79 Å². The van der Waals surface area contributed by atoms with Gasteiger partial charge in [-0.05, 0) is 45.1 Å². The lowest BCUT2D eigenvalue weighted by Gasteiger charge is -2.38. The van der Waals surface area contributed by atoms with Crippen LogP contribution in [0, 0.1) is 12.8 Å². The fourth-order valence-corrected chi connectivity index (χ4v) is 4.17. The molecule has 2 aliphatic heterocycles. The molecular formula is C20H27N5O2. The Balaban J connectivity index is 1.64. The first-order valence-electron chi connectivity index (χ1n) is 9.85. The molecule has 2 aliphatic rings.